The van der Waals surface area contributed by atoms with Crippen molar-refractivity contribution in [2.24, 2.45) is 0 Å². The van der Waals surface area contributed by atoms with Gasteiger partial charge >= 0.3 is 0 Å². The van der Waals surface area contributed by atoms with Gasteiger partial charge in [0.05, 0.1) is 10.7 Å². The van der Waals surface area contributed by atoms with Crippen molar-refractivity contribution in [3.8, 4) is 0 Å². The van der Waals surface area contributed by atoms with Crippen molar-refractivity contribution in [3.63, 3.8) is 0 Å². The van der Waals surface area contributed by atoms with Gasteiger partial charge in [-0.15, -0.1) is 0 Å². The molecule has 0 amide bonds. The van der Waals surface area contributed by atoms with Gasteiger partial charge in [-0.05, 0) is 36.8 Å². The summed E-state index contributed by atoms with van der Waals surface area (Å²) in [7, 11) is 0. The lowest BCUT2D eigenvalue weighted by Gasteiger charge is -2.14. The third kappa shape index (κ3) is 2.37. The summed E-state index contributed by atoms with van der Waals surface area (Å²) in [4.78, 5) is 0. The monoisotopic (exact) mass is 227 g/mol. The third-order valence-electron chi connectivity index (χ3n) is 2.41. The molecule has 1 saturated heterocycles. The third-order valence-corrected chi connectivity index (χ3v) is 3.89. The Kier molecular flexibility index (Phi) is 3.24. The topological polar surface area (TPSA) is 12.0 Å². The fourth-order valence-electron chi connectivity index (χ4n) is 1.61. The minimum atomic E-state index is 0.597. The van der Waals surface area contributed by atoms with Crippen molar-refractivity contribution in [1.82, 2.24) is 0 Å². The predicted molar refractivity (Wildman–Crippen MR) is 65.5 cm³/mol. The van der Waals surface area contributed by atoms with Gasteiger partial charge < -0.3 is 5.32 Å². The first-order valence-corrected chi connectivity index (χ1v) is 6.39. The van der Waals surface area contributed by atoms with Crippen LogP contribution in [0.25, 0.3) is 0 Å². The Morgan fingerprint density at radius 2 is 2.36 bits per heavy atom. The van der Waals surface area contributed by atoms with E-state index < -0.39 is 0 Å². The molecule has 0 spiro atoms. The summed E-state index contributed by atoms with van der Waals surface area (Å²) in [5.41, 5.74) is 2.28. The van der Waals surface area contributed by atoms with Crippen LogP contribution in [0, 0.1) is 6.92 Å². The van der Waals surface area contributed by atoms with Crippen LogP contribution >= 0.6 is 23.4 Å². The van der Waals surface area contributed by atoms with Gasteiger partial charge in [0.15, 0.2) is 0 Å². The first-order valence-electron chi connectivity index (χ1n) is 4.86. The summed E-state index contributed by atoms with van der Waals surface area (Å²) in [5, 5.41) is 4.32. The van der Waals surface area contributed by atoms with E-state index in [2.05, 4.69) is 24.4 Å². The lowest BCUT2D eigenvalue weighted by atomic mass is 10.2. The van der Waals surface area contributed by atoms with Crippen LogP contribution in [0.5, 0.6) is 0 Å². The summed E-state index contributed by atoms with van der Waals surface area (Å²) in [6, 6.07) is 6.77. The van der Waals surface area contributed by atoms with Gasteiger partial charge in [-0.3, -0.25) is 0 Å². The average Bonchev–Trinajstić information content (AvgIpc) is 2.62. The van der Waals surface area contributed by atoms with E-state index >= 15 is 0 Å². The van der Waals surface area contributed by atoms with Gasteiger partial charge in [0.1, 0.15) is 0 Å². The molecule has 0 radical (unpaired) electrons. The molecule has 1 heterocycles. The lowest BCUT2D eigenvalue weighted by molar-refractivity contribution is 0.813. The zero-order chi connectivity index (χ0) is 9.97. The van der Waals surface area contributed by atoms with Crippen molar-refractivity contribution >= 4 is 29.1 Å². The van der Waals surface area contributed by atoms with Crippen molar-refractivity contribution in [1.29, 1.82) is 0 Å². The van der Waals surface area contributed by atoms with Crippen LogP contribution in [0.15, 0.2) is 18.2 Å². The molecule has 0 bridgehead atoms. The number of hydrogen-bond donors (Lipinski definition) is 1. The number of anilines is 1. The van der Waals surface area contributed by atoms with Gasteiger partial charge in [0, 0.05) is 11.8 Å². The van der Waals surface area contributed by atoms with Crippen molar-refractivity contribution in [3.05, 3.63) is 28.8 Å². The molecule has 1 aromatic carbocycles. The van der Waals surface area contributed by atoms with E-state index in [0.717, 1.165) is 10.7 Å². The molecule has 0 aliphatic carbocycles. The number of benzene rings is 1. The lowest BCUT2D eigenvalue weighted by Crippen LogP contribution is -2.18. The van der Waals surface area contributed by atoms with E-state index in [1.165, 1.54) is 23.5 Å². The van der Waals surface area contributed by atoms with E-state index in [0.29, 0.717) is 6.04 Å². The van der Waals surface area contributed by atoms with E-state index in [9.17, 15) is 0 Å². The van der Waals surface area contributed by atoms with Crippen LogP contribution in [0.2, 0.25) is 5.02 Å². The molecular formula is C11H14ClNS. The van der Waals surface area contributed by atoms with E-state index in [-0.39, 0.29) is 0 Å². The molecule has 1 N–H and O–H groups in total. The van der Waals surface area contributed by atoms with Gasteiger partial charge in [-0.1, -0.05) is 17.7 Å². The van der Waals surface area contributed by atoms with Crippen LogP contribution in [-0.2, 0) is 0 Å². The predicted octanol–water partition coefficient (Wildman–Crippen LogP) is 3.57. The minimum absolute atomic E-state index is 0.597. The van der Waals surface area contributed by atoms with Gasteiger partial charge in [-0.25, -0.2) is 0 Å². The molecule has 1 atom stereocenters. The Labute approximate surface area is 94.2 Å². The second-order valence-corrected chi connectivity index (χ2v) is 5.25. The van der Waals surface area contributed by atoms with E-state index in [4.69, 9.17) is 11.6 Å². The highest BCUT2D eigenvalue weighted by Crippen LogP contribution is 2.27. The molecule has 0 aromatic heterocycles. The molecule has 76 valence electrons. The fourth-order valence-corrected chi connectivity index (χ4v) is 3.05. The molecule has 3 heteroatoms. The second kappa shape index (κ2) is 4.45. The molecule has 14 heavy (non-hydrogen) atoms. The average molecular weight is 228 g/mol. The molecule has 1 aliphatic heterocycles. The molecule has 1 fully saturated rings. The summed E-state index contributed by atoms with van der Waals surface area (Å²) in [6.45, 7) is 2.06. The number of thioether (sulfide) groups is 1. The zero-order valence-electron chi connectivity index (χ0n) is 8.22. The van der Waals surface area contributed by atoms with Gasteiger partial charge in [0.25, 0.3) is 0 Å². The Bertz CT molecular complexity index is 321. The number of nitrogens with one attached hydrogen (secondary N) is 1. The summed E-state index contributed by atoms with van der Waals surface area (Å²) in [6.07, 6.45) is 1.24. The van der Waals surface area contributed by atoms with Crippen LogP contribution in [0.3, 0.4) is 0 Å². The quantitative estimate of drug-likeness (QED) is 0.829. The number of rotatable bonds is 2. The van der Waals surface area contributed by atoms with Crippen LogP contribution in [-0.4, -0.2) is 17.5 Å². The Hall–Kier alpha value is -0.340. The number of hydrogen-bond acceptors (Lipinski definition) is 2. The second-order valence-electron chi connectivity index (χ2n) is 3.69. The largest absolute Gasteiger partial charge is 0.380 e. The van der Waals surface area contributed by atoms with Crippen LogP contribution < -0.4 is 5.32 Å². The highest BCUT2D eigenvalue weighted by molar-refractivity contribution is 7.99. The maximum Gasteiger partial charge on any atom is 0.0640 e. The van der Waals surface area contributed by atoms with Gasteiger partial charge in [0.2, 0.25) is 0 Å². The van der Waals surface area contributed by atoms with Crippen LogP contribution in [0.4, 0.5) is 5.69 Å². The minimum Gasteiger partial charge on any atom is -0.380 e. The van der Waals surface area contributed by atoms with Crippen LogP contribution in [0.1, 0.15) is 12.0 Å². The maximum atomic E-state index is 6.14. The molecular weight excluding hydrogens is 214 g/mol. The number of halogens is 1. The summed E-state index contributed by atoms with van der Waals surface area (Å²) in [5.74, 6) is 2.46. The molecule has 0 unspecified atom stereocenters. The summed E-state index contributed by atoms with van der Waals surface area (Å²) < 4.78 is 0. The van der Waals surface area contributed by atoms with Crippen molar-refractivity contribution < 1.29 is 0 Å². The standard InChI is InChI=1S/C11H14ClNS/c1-8-2-3-11(10(12)6-8)13-9-4-5-14-7-9/h2-3,6,9,13H,4-5,7H2,1H3/t9-/m0/s1. The highest BCUT2D eigenvalue weighted by atomic mass is 35.5. The first kappa shape index (κ1) is 10.2. The Morgan fingerprint density at radius 1 is 1.50 bits per heavy atom. The van der Waals surface area contributed by atoms with Crippen molar-refractivity contribution in [2.45, 2.75) is 19.4 Å². The maximum absolute atomic E-state index is 6.14. The SMILES string of the molecule is Cc1ccc(N[C@H]2CCSC2)c(Cl)c1. The Balaban J connectivity index is 2.08. The fraction of sp³-hybridized carbons (Fsp3) is 0.455. The molecule has 2 rings (SSSR count). The molecule has 1 nitrogen and oxygen atoms in total. The Morgan fingerprint density at radius 3 is 3.00 bits per heavy atom. The normalized spacial score (nSPS) is 21.1. The van der Waals surface area contributed by atoms with E-state index in [1.807, 2.05) is 17.8 Å². The molecule has 1 aliphatic rings. The summed E-state index contributed by atoms with van der Waals surface area (Å²) >= 11 is 8.14. The molecule has 1 aromatic rings. The number of aryl methyl sites for hydroxylation is 1. The van der Waals surface area contributed by atoms with Crippen molar-refractivity contribution in [2.75, 3.05) is 16.8 Å². The van der Waals surface area contributed by atoms with Gasteiger partial charge in [-0.2, -0.15) is 11.8 Å². The zero-order valence-corrected chi connectivity index (χ0v) is 9.79. The van der Waals surface area contributed by atoms with E-state index in [1.54, 1.807) is 0 Å². The molecule has 0 saturated carbocycles. The smallest absolute Gasteiger partial charge is 0.0640 e. The highest BCUT2D eigenvalue weighted by Gasteiger charge is 2.15. The first-order chi connectivity index (χ1) is 6.75.